The second-order valence-electron chi connectivity index (χ2n) is 1.85. The van der Waals surface area contributed by atoms with E-state index in [1.807, 2.05) is 0 Å². The van der Waals surface area contributed by atoms with Crippen molar-refractivity contribution in [3.8, 4) is 0 Å². The van der Waals surface area contributed by atoms with Crippen LogP contribution in [-0.2, 0) is 14.2 Å². The minimum atomic E-state index is -0.683. The molecule has 0 saturated carbocycles. The highest BCUT2D eigenvalue weighted by atomic mass is 16.8. The fourth-order valence-corrected chi connectivity index (χ4v) is 0.608. The van der Waals surface area contributed by atoms with Gasteiger partial charge in [-0.2, -0.15) is 0 Å². The molecule has 1 rings (SSSR count). The maximum Gasteiger partial charge on any atom is 0.510 e. The van der Waals surface area contributed by atoms with Gasteiger partial charge in [0.05, 0.1) is 6.61 Å². The summed E-state index contributed by atoms with van der Waals surface area (Å²) < 4.78 is 14.0. The monoisotopic (exact) mass is 156 g/mol. The second-order valence-corrected chi connectivity index (χ2v) is 1.85. The summed E-state index contributed by atoms with van der Waals surface area (Å²) in [6.45, 7) is 3.82. The van der Waals surface area contributed by atoms with Crippen molar-refractivity contribution in [3.05, 3.63) is 18.4 Å². The average Bonchev–Trinajstić information content (AvgIpc) is 2.37. The first-order valence-corrected chi connectivity index (χ1v) is 3.12. The maximum absolute atomic E-state index is 10.3. The molecule has 0 N–H and O–H groups in total. The van der Waals surface area contributed by atoms with E-state index in [1.165, 1.54) is 0 Å². The van der Waals surface area contributed by atoms with Crippen molar-refractivity contribution in [1.29, 1.82) is 0 Å². The summed E-state index contributed by atoms with van der Waals surface area (Å²) in [7, 11) is 0. The molecule has 0 amide bonds. The molecular formula is C7H8O4. The van der Waals surface area contributed by atoms with Gasteiger partial charge >= 0.3 is 6.16 Å². The molecule has 60 valence electrons. The standard InChI is InChI=1S/C7H8O4/c1-2-3-4-9-6-5-10-7(8)11-6/h3,6H,1,4-5H2. The van der Waals surface area contributed by atoms with Crippen LogP contribution in [0.2, 0.25) is 0 Å². The topological polar surface area (TPSA) is 44.8 Å². The Balaban J connectivity index is 2.18. The summed E-state index contributed by atoms with van der Waals surface area (Å²) in [6.07, 6.45) is 0.330. The Kier molecular flexibility index (Phi) is 2.72. The fraction of sp³-hybridized carbons (Fsp3) is 0.429. The van der Waals surface area contributed by atoms with Crippen LogP contribution in [0.5, 0.6) is 0 Å². The number of hydrogen-bond acceptors (Lipinski definition) is 4. The van der Waals surface area contributed by atoms with Crippen LogP contribution in [0.3, 0.4) is 0 Å². The van der Waals surface area contributed by atoms with Crippen LogP contribution >= 0.6 is 0 Å². The molecule has 1 heterocycles. The molecule has 1 atom stereocenters. The molecule has 0 bridgehead atoms. The Labute approximate surface area is 64.0 Å². The van der Waals surface area contributed by atoms with Gasteiger partial charge in [0, 0.05) is 0 Å². The third-order valence-corrected chi connectivity index (χ3v) is 1.07. The van der Waals surface area contributed by atoms with E-state index < -0.39 is 12.4 Å². The molecule has 1 aliphatic heterocycles. The van der Waals surface area contributed by atoms with E-state index in [0.29, 0.717) is 6.61 Å². The summed E-state index contributed by atoms with van der Waals surface area (Å²) in [4.78, 5) is 10.3. The van der Waals surface area contributed by atoms with Crippen LogP contribution in [0.1, 0.15) is 0 Å². The van der Waals surface area contributed by atoms with Crippen LogP contribution in [0.25, 0.3) is 0 Å². The Hall–Kier alpha value is -1.25. The highest BCUT2D eigenvalue weighted by Crippen LogP contribution is 2.06. The molecule has 1 aliphatic rings. The third kappa shape index (κ3) is 2.45. The molecule has 0 aromatic rings. The van der Waals surface area contributed by atoms with E-state index in [9.17, 15) is 4.79 Å². The molecule has 0 aromatic carbocycles. The van der Waals surface area contributed by atoms with Crippen LogP contribution in [0.4, 0.5) is 4.79 Å². The lowest BCUT2D eigenvalue weighted by Crippen LogP contribution is -2.14. The number of cyclic esters (lactones) is 2. The number of ether oxygens (including phenoxy) is 3. The van der Waals surface area contributed by atoms with Crippen molar-refractivity contribution >= 4 is 6.16 Å². The minimum Gasteiger partial charge on any atom is -0.428 e. The van der Waals surface area contributed by atoms with E-state index in [2.05, 4.69) is 21.8 Å². The molecule has 11 heavy (non-hydrogen) atoms. The molecule has 0 radical (unpaired) electrons. The number of rotatable bonds is 3. The van der Waals surface area contributed by atoms with Gasteiger partial charge in [-0.1, -0.05) is 6.58 Å². The lowest BCUT2D eigenvalue weighted by atomic mass is 10.6. The second kappa shape index (κ2) is 3.81. The maximum atomic E-state index is 10.3. The van der Waals surface area contributed by atoms with E-state index in [1.54, 1.807) is 6.08 Å². The Morgan fingerprint density at radius 3 is 3.27 bits per heavy atom. The third-order valence-electron chi connectivity index (χ3n) is 1.07. The zero-order valence-electron chi connectivity index (χ0n) is 5.91. The highest BCUT2D eigenvalue weighted by Gasteiger charge is 2.24. The molecule has 1 fully saturated rings. The average molecular weight is 156 g/mol. The predicted octanol–water partition coefficient (Wildman–Crippen LogP) is 0.837. The van der Waals surface area contributed by atoms with Gasteiger partial charge in [0.2, 0.25) is 6.29 Å². The van der Waals surface area contributed by atoms with Crippen molar-refractivity contribution < 1.29 is 19.0 Å². The molecule has 0 spiro atoms. The summed E-state index contributed by atoms with van der Waals surface area (Å²) in [5.74, 6) is 0. The van der Waals surface area contributed by atoms with Crippen molar-refractivity contribution in [3.63, 3.8) is 0 Å². The summed E-state index contributed by atoms with van der Waals surface area (Å²) >= 11 is 0. The molecular weight excluding hydrogens is 148 g/mol. The van der Waals surface area contributed by atoms with Gasteiger partial charge in [-0.05, 0) is 6.08 Å². The van der Waals surface area contributed by atoms with Crippen LogP contribution < -0.4 is 0 Å². The first-order chi connectivity index (χ1) is 5.33. The summed E-state index contributed by atoms with van der Waals surface area (Å²) in [5.41, 5.74) is 2.52. The van der Waals surface area contributed by atoms with E-state index in [0.717, 1.165) is 0 Å². The molecule has 4 heteroatoms. The quantitative estimate of drug-likeness (QED) is 0.448. The number of carbonyl (C=O) groups excluding carboxylic acids is 1. The zero-order valence-corrected chi connectivity index (χ0v) is 5.91. The number of hydrogen-bond donors (Lipinski definition) is 0. The Bertz CT molecular complexity index is 193. The molecule has 1 saturated heterocycles. The summed E-state index contributed by atoms with van der Waals surface area (Å²) in [5, 5.41) is 0. The summed E-state index contributed by atoms with van der Waals surface area (Å²) in [6, 6.07) is 0. The van der Waals surface area contributed by atoms with Gasteiger partial charge in [0.1, 0.15) is 0 Å². The van der Waals surface area contributed by atoms with Gasteiger partial charge in [-0.25, -0.2) is 4.79 Å². The van der Waals surface area contributed by atoms with Gasteiger partial charge in [-0.3, -0.25) is 0 Å². The minimum absolute atomic E-state index is 0.157. The molecule has 0 aliphatic carbocycles. The van der Waals surface area contributed by atoms with Crippen molar-refractivity contribution in [2.24, 2.45) is 0 Å². The largest absolute Gasteiger partial charge is 0.510 e. The van der Waals surface area contributed by atoms with E-state index in [4.69, 9.17) is 4.74 Å². The van der Waals surface area contributed by atoms with Gasteiger partial charge < -0.3 is 14.2 Å². The highest BCUT2D eigenvalue weighted by molar-refractivity contribution is 5.61. The normalized spacial score (nSPS) is 21.8. The predicted molar refractivity (Wildman–Crippen MR) is 35.9 cm³/mol. The molecule has 0 aromatic heterocycles. The first kappa shape index (κ1) is 7.85. The van der Waals surface area contributed by atoms with Crippen LogP contribution in [-0.4, -0.2) is 25.7 Å². The van der Waals surface area contributed by atoms with Crippen molar-refractivity contribution in [2.75, 3.05) is 13.2 Å². The van der Waals surface area contributed by atoms with E-state index in [-0.39, 0.29) is 6.61 Å². The van der Waals surface area contributed by atoms with Crippen LogP contribution in [0, 0.1) is 0 Å². The van der Waals surface area contributed by atoms with Gasteiger partial charge in [0.15, 0.2) is 6.61 Å². The van der Waals surface area contributed by atoms with Crippen LogP contribution in [0.15, 0.2) is 18.4 Å². The Morgan fingerprint density at radius 2 is 2.73 bits per heavy atom. The lowest BCUT2D eigenvalue weighted by Gasteiger charge is -2.03. The zero-order chi connectivity index (χ0) is 8.10. The smallest absolute Gasteiger partial charge is 0.428 e. The fourth-order valence-electron chi connectivity index (χ4n) is 0.608. The lowest BCUT2D eigenvalue weighted by molar-refractivity contribution is -0.0660. The van der Waals surface area contributed by atoms with Crippen molar-refractivity contribution in [1.82, 2.24) is 0 Å². The first-order valence-electron chi connectivity index (χ1n) is 3.12. The molecule has 4 nitrogen and oxygen atoms in total. The Morgan fingerprint density at radius 1 is 1.91 bits per heavy atom. The van der Waals surface area contributed by atoms with Gasteiger partial charge in [0.25, 0.3) is 0 Å². The number of carbonyl (C=O) groups is 1. The van der Waals surface area contributed by atoms with E-state index >= 15 is 0 Å². The van der Waals surface area contributed by atoms with Gasteiger partial charge in [-0.15, -0.1) is 5.73 Å². The molecule has 1 unspecified atom stereocenters. The van der Waals surface area contributed by atoms with Crippen molar-refractivity contribution in [2.45, 2.75) is 6.29 Å². The SMILES string of the molecule is C=C=CCOC1COC(=O)O1.